The number of rotatable bonds is 0. The van der Waals surface area contributed by atoms with Crippen LogP contribution in [0, 0.1) is 17.8 Å². The second kappa shape index (κ2) is 12.1. The number of anilines is 1. The second-order valence-corrected chi connectivity index (χ2v) is 14.1. The predicted octanol–water partition coefficient (Wildman–Crippen LogP) is 5.49. The van der Waals surface area contributed by atoms with E-state index in [0.717, 1.165) is 56.4 Å². The van der Waals surface area contributed by atoms with Crippen molar-refractivity contribution >= 4 is 33.2 Å². The summed E-state index contributed by atoms with van der Waals surface area (Å²) in [5.74, 6) is 0.210. The number of aliphatic hydroxyl groups excluding tert-OH is 1. The van der Waals surface area contributed by atoms with Crippen LogP contribution in [0.3, 0.4) is 0 Å². The average molecular weight is 587 g/mol. The van der Waals surface area contributed by atoms with Crippen molar-refractivity contribution < 1.29 is 23.1 Å². The van der Waals surface area contributed by atoms with Crippen LogP contribution in [-0.2, 0) is 23.1 Å². The molecule has 7 nitrogen and oxygen atoms in total. The molecule has 0 radical (unpaired) electrons. The Kier molecular flexibility index (Phi) is 8.78. The minimum absolute atomic E-state index is 0.140. The van der Waals surface area contributed by atoms with Gasteiger partial charge >= 0.3 is 0 Å². The van der Waals surface area contributed by atoms with Crippen molar-refractivity contribution in [2.45, 2.75) is 70.3 Å². The molecule has 1 fully saturated rings. The number of amides is 1. The third-order valence-electron chi connectivity index (χ3n) is 8.97. The van der Waals surface area contributed by atoms with Gasteiger partial charge < -0.3 is 14.7 Å². The van der Waals surface area contributed by atoms with Crippen LogP contribution in [0.2, 0.25) is 5.02 Å². The molecule has 216 valence electrons. The summed E-state index contributed by atoms with van der Waals surface area (Å²) < 4.78 is 34.8. The van der Waals surface area contributed by atoms with Crippen LogP contribution >= 0.6 is 11.6 Å². The predicted molar refractivity (Wildman–Crippen MR) is 158 cm³/mol. The Bertz CT molecular complexity index is 1380. The van der Waals surface area contributed by atoms with Gasteiger partial charge in [-0.2, -0.15) is 0 Å². The van der Waals surface area contributed by atoms with Gasteiger partial charge in [0.1, 0.15) is 12.4 Å². The summed E-state index contributed by atoms with van der Waals surface area (Å²) in [6.07, 6.45) is 8.39. The zero-order chi connectivity index (χ0) is 28.4. The summed E-state index contributed by atoms with van der Waals surface area (Å²) in [6.45, 7) is 5.30. The number of hydrogen-bond donors (Lipinski definition) is 2. The van der Waals surface area contributed by atoms with Gasteiger partial charge in [-0.05, 0) is 105 Å². The molecule has 2 aromatic rings. The third-order valence-corrected chi connectivity index (χ3v) is 11.1. The van der Waals surface area contributed by atoms with Gasteiger partial charge in [0.25, 0.3) is 5.91 Å². The van der Waals surface area contributed by atoms with E-state index >= 15 is 0 Å². The van der Waals surface area contributed by atoms with Gasteiger partial charge in [-0.15, -0.1) is 0 Å². The van der Waals surface area contributed by atoms with E-state index in [0.29, 0.717) is 29.7 Å². The second-order valence-electron chi connectivity index (χ2n) is 11.6. The van der Waals surface area contributed by atoms with Gasteiger partial charge in [0.15, 0.2) is 0 Å². The maximum atomic E-state index is 13.3. The van der Waals surface area contributed by atoms with E-state index in [1.54, 1.807) is 25.1 Å². The number of halogens is 1. The fourth-order valence-electron chi connectivity index (χ4n) is 5.99. The third kappa shape index (κ3) is 6.34. The van der Waals surface area contributed by atoms with E-state index in [-0.39, 0.29) is 17.4 Å². The first-order chi connectivity index (χ1) is 19.1. The van der Waals surface area contributed by atoms with Crippen molar-refractivity contribution in [2.24, 2.45) is 17.8 Å². The van der Waals surface area contributed by atoms with Crippen LogP contribution in [-0.4, -0.2) is 43.9 Å². The van der Waals surface area contributed by atoms with Gasteiger partial charge in [-0.25, -0.2) is 13.1 Å². The Morgan fingerprint density at radius 1 is 1.07 bits per heavy atom. The number of fused-ring (bicyclic) bond motifs is 3. The first-order valence-corrected chi connectivity index (χ1v) is 16.2. The van der Waals surface area contributed by atoms with Gasteiger partial charge in [-0.1, -0.05) is 36.7 Å². The molecular formula is C31H39ClN2O5S. The molecule has 2 N–H and O–H groups in total. The Morgan fingerprint density at radius 2 is 1.90 bits per heavy atom. The molecule has 0 spiro atoms. The molecule has 1 saturated carbocycles. The summed E-state index contributed by atoms with van der Waals surface area (Å²) in [5, 5.41) is 10.9. The minimum Gasteiger partial charge on any atom is -0.487 e. The van der Waals surface area contributed by atoms with E-state index in [2.05, 4.69) is 9.62 Å². The van der Waals surface area contributed by atoms with Crippen molar-refractivity contribution in [2.75, 3.05) is 18.0 Å². The topological polar surface area (TPSA) is 95.9 Å². The van der Waals surface area contributed by atoms with Crippen molar-refractivity contribution in [1.29, 1.82) is 0 Å². The summed E-state index contributed by atoms with van der Waals surface area (Å²) in [4.78, 5) is 15.5. The quantitative estimate of drug-likeness (QED) is 0.396. The normalized spacial score (nSPS) is 29.9. The number of carbonyl (C=O) groups excluding carboxylic acids is 1. The fourth-order valence-corrected chi connectivity index (χ4v) is 7.47. The number of allylic oxidation sites excluding steroid dienone is 1. The van der Waals surface area contributed by atoms with Crippen molar-refractivity contribution in [3.8, 4) is 5.75 Å². The molecular weight excluding hydrogens is 548 g/mol. The molecule has 0 saturated heterocycles. The van der Waals surface area contributed by atoms with E-state index in [1.165, 1.54) is 5.56 Å². The number of sulfonamides is 1. The molecule has 40 heavy (non-hydrogen) atoms. The van der Waals surface area contributed by atoms with Crippen LogP contribution < -0.4 is 14.4 Å². The summed E-state index contributed by atoms with van der Waals surface area (Å²) >= 11 is 6.29. The molecule has 9 heteroatoms. The lowest BCUT2D eigenvalue weighted by Crippen LogP contribution is -2.43. The number of carbonyl (C=O) groups is 1. The van der Waals surface area contributed by atoms with E-state index in [9.17, 15) is 18.3 Å². The molecule has 5 atom stereocenters. The number of ether oxygens (including phenoxy) is 1. The molecule has 1 amide bonds. The van der Waals surface area contributed by atoms with Gasteiger partial charge in [0, 0.05) is 23.7 Å². The average Bonchev–Trinajstić information content (AvgIpc) is 2.92. The molecule has 0 aromatic heterocycles. The van der Waals surface area contributed by atoms with E-state index < -0.39 is 27.3 Å². The minimum atomic E-state index is -3.91. The number of nitrogens with one attached hydrogen (secondary N) is 1. The van der Waals surface area contributed by atoms with Crippen LogP contribution in [0.15, 0.2) is 48.6 Å². The highest BCUT2D eigenvalue weighted by atomic mass is 35.5. The highest BCUT2D eigenvalue weighted by molar-refractivity contribution is 7.90. The van der Waals surface area contributed by atoms with E-state index in [1.807, 2.05) is 37.3 Å². The Balaban J connectivity index is 1.54. The molecule has 2 heterocycles. The Labute approximate surface area is 242 Å². The number of aliphatic hydroxyl groups is 1. The fraction of sp³-hybridized carbons (Fsp3) is 0.516. The SMILES string of the molecule is CC1C/C=C/[C@H](O)C2CCC2CN2CCCCc3cc(Cl)ccc3COc3ccc(cc32)C(=O)NS(=O)(=O)C1C. The molecule has 2 aliphatic heterocycles. The zero-order valence-corrected chi connectivity index (χ0v) is 24.8. The highest BCUT2D eigenvalue weighted by Gasteiger charge is 2.37. The van der Waals surface area contributed by atoms with Crippen molar-refractivity contribution in [3.63, 3.8) is 0 Å². The summed E-state index contributed by atoms with van der Waals surface area (Å²) in [7, 11) is -3.91. The number of nitrogens with zero attached hydrogens (tertiary/aromatic N) is 1. The first-order valence-electron chi connectivity index (χ1n) is 14.3. The van der Waals surface area contributed by atoms with Gasteiger partial charge in [-0.3, -0.25) is 4.79 Å². The van der Waals surface area contributed by atoms with Crippen molar-refractivity contribution in [3.05, 3.63) is 70.3 Å². The maximum absolute atomic E-state index is 13.3. The van der Waals surface area contributed by atoms with Crippen LogP contribution in [0.4, 0.5) is 5.69 Å². The van der Waals surface area contributed by atoms with Crippen LogP contribution in [0.5, 0.6) is 5.75 Å². The Hall–Kier alpha value is -2.55. The number of benzene rings is 2. The highest BCUT2D eigenvalue weighted by Crippen LogP contribution is 2.41. The Morgan fingerprint density at radius 3 is 2.67 bits per heavy atom. The van der Waals surface area contributed by atoms with Crippen LogP contribution in [0.25, 0.3) is 0 Å². The van der Waals surface area contributed by atoms with Crippen molar-refractivity contribution in [1.82, 2.24) is 4.72 Å². The zero-order valence-electron chi connectivity index (χ0n) is 23.2. The lowest BCUT2D eigenvalue weighted by atomic mass is 9.70. The molecule has 3 aliphatic rings. The molecule has 2 bridgehead atoms. The first kappa shape index (κ1) is 29.0. The smallest absolute Gasteiger partial charge is 0.264 e. The van der Waals surface area contributed by atoms with Gasteiger partial charge in [0.05, 0.1) is 17.0 Å². The summed E-state index contributed by atoms with van der Waals surface area (Å²) in [6, 6.07) is 11.0. The lowest BCUT2D eigenvalue weighted by Gasteiger charge is -2.42. The largest absolute Gasteiger partial charge is 0.487 e. The molecule has 1 aliphatic carbocycles. The number of hydrogen-bond acceptors (Lipinski definition) is 6. The van der Waals surface area contributed by atoms with Gasteiger partial charge in [0.2, 0.25) is 10.0 Å². The standard InChI is InChI=1S/C31H39ClN2O5S/c1-20-6-5-8-29(35)27-13-10-24(27)18-34-15-4-3-7-22-16-26(32)12-9-25(22)19-39-30-14-11-23(17-28(30)34)31(36)33-40(37,38)21(20)2/h5,8-9,11-12,14,16-17,20-21,24,27,29,35H,3-4,6-7,10,13,15,18-19H2,1-2H3,(H,33,36)/b8-5+/t20?,21?,24?,27?,29-/m0/s1. The molecule has 5 rings (SSSR count). The van der Waals surface area contributed by atoms with Crippen LogP contribution in [0.1, 0.15) is 67.4 Å². The molecule has 2 aromatic carbocycles. The lowest BCUT2D eigenvalue weighted by molar-refractivity contribution is 0.0461. The maximum Gasteiger partial charge on any atom is 0.264 e. The monoisotopic (exact) mass is 586 g/mol. The summed E-state index contributed by atoms with van der Waals surface area (Å²) in [5.41, 5.74) is 3.29. The van der Waals surface area contributed by atoms with E-state index in [4.69, 9.17) is 16.3 Å². The number of aryl methyl sites for hydroxylation is 1. The molecule has 4 unspecified atom stereocenters.